The van der Waals surface area contributed by atoms with Crippen molar-refractivity contribution in [3.8, 4) is 5.75 Å². The van der Waals surface area contributed by atoms with Crippen LogP contribution in [-0.4, -0.2) is 37.4 Å². The number of ether oxygens (including phenoxy) is 1. The van der Waals surface area contributed by atoms with Crippen LogP contribution in [0.3, 0.4) is 0 Å². The van der Waals surface area contributed by atoms with Crippen molar-refractivity contribution in [3.63, 3.8) is 0 Å². The Labute approximate surface area is 147 Å². The Morgan fingerprint density at radius 1 is 1.16 bits per heavy atom. The molecule has 1 aliphatic rings. The van der Waals surface area contributed by atoms with Gasteiger partial charge in [-0.25, -0.2) is 0 Å². The zero-order chi connectivity index (χ0) is 17.8. The van der Waals surface area contributed by atoms with Gasteiger partial charge in [-0.15, -0.1) is 0 Å². The molecule has 2 amide bonds. The van der Waals surface area contributed by atoms with Gasteiger partial charge >= 0.3 is 0 Å². The van der Waals surface area contributed by atoms with Crippen LogP contribution in [0.4, 0.5) is 0 Å². The van der Waals surface area contributed by atoms with Crippen molar-refractivity contribution in [2.24, 2.45) is 5.92 Å². The van der Waals surface area contributed by atoms with Crippen LogP contribution < -0.4 is 10.1 Å². The number of rotatable bonds is 5. The summed E-state index contributed by atoms with van der Waals surface area (Å²) >= 11 is 0. The standard InChI is InChI=1S/C20H22N2O3/c1-22-13-15(12-18(22)23)20(24)21-19(14-8-4-3-5-9-14)16-10-6-7-11-17(16)25-2/h3-11,15,19H,12-13H2,1-2H3,(H,21,24)/t15-,19+/m1/s1. The van der Waals surface area contributed by atoms with Crippen LogP contribution in [0.25, 0.3) is 0 Å². The minimum Gasteiger partial charge on any atom is -0.496 e. The first-order chi connectivity index (χ1) is 12.1. The third-order valence-electron chi connectivity index (χ3n) is 4.58. The number of carbonyl (C=O) groups is 2. The molecule has 0 unspecified atom stereocenters. The Morgan fingerprint density at radius 3 is 2.48 bits per heavy atom. The Kier molecular flexibility index (Phi) is 5.03. The van der Waals surface area contributed by atoms with E-state index in [4.69, 9.17) is 4.74 Å². The van der Waals surface area contributed by atoms with E-state index in [1.165, 1.54) is 0 Å². The molecule has 0 aromatic heterocycles. The fraction of sp³-hybridized carbons (Fsp3) is 0.300. The van der Waals surface area contributed by atoms with Gasteiger partial charge < -0.3 is 15.0 Å². The van der Waals surface area contributed by atoms with E-state index in [1.807, 2.05) is 54.6 Å². The highest BCUT2D eigenvalue weighted by Crippen LogP contribution is 2.30. The minimum absolute atomic E-state index is 0.00806. The number of hydrogen-bond donors (Lipinski definition) is 1. The summed E-state index contributed by atoms with van der Waals surface area (Å²) in [5, 5.41) is 3.11. The van der Waals surface area contributed by atoms with Crippen molar-refractivity contribution < 1.29 is 14.3 Å². The largest absolute Gasteiger partial charge is 0.496 e. The number of nitrogens with zero attached hydrogens (tertiary/aromatic N) is 1. The van der Waals surface area contributed by atoms with E-state index in [1.54, 1.807) is 19.1 Å². The summed E-state index contributed by atoms with van der Waals surface area (Å²) in [5.74, 6) is 0.292. The van der Waals surface area contributed by atoms with Crippen molar-refractivity contribution in [1.82, 2.24) is 10.2 Å². The second-order valence-electron chi connectivity index (χ2n) is 6.27. The lowest BCUT2D eigenvalue weighted by atomic mass is 9.96. The van der Waals surface area contributed by atoms with E-state index in [0.717, 1.165) is 16.9 Å². The van der Waals surface area contributed by atoms with Crippen LogP contribution in [0.15, 0.2) is 54.6 Å². The maximum Gasteiger partial charge on any atom is 0.226 e. The summed E-state index contributed by atoms with van der Waals surface area (Å²) in [6, 6.07) is 17.1. The molecule has 5 nitrogen and oxygen atoms in total. The fourth-order valence-corrected chi connectivity index (χ4v) is 3.19. The van der Waals surface area contributed by atoms with Gasteiger partial charge in [-0.1, -0.05) is 48.5 Å². The maximum absolute atomic E-state index is 12.8. The summed E-state index contributed by atoms with van der Waals surface area (Å²) in [6.45, 7) is 0.456. The molecule has 1 heterocycles. The third kappa shape index (κ3) is 3.65. The number of amides is 2. The first-order valence-corrected chi connectivity index (χ1v) is 8.32. The Morgan fingerprint density at radius 2 is 1.84 bits per heavy atom. The molecule has 2 atom stereocenters. The summed E-state index contributed by atoms with van der Waals surface area (Å²) in [5.41, 5.74) is 1.86. The molecule has 0 radical (unpaired) electrons. The van der Waals surface area contributed by atoms with Gasteiger partial charge in [0.2, 0.25) is 11.8 Å². The number of benzene rings is 2. The van der Waals surface area contributed by atoms with E-state index in [-0.39, 0.29) is 30.2 Å². The highest BCUT2D eigenvalue weighted by molar-refractivity contribution is 5.89. The minimum atomic E-state index is -0.328. The molecule has 3 rings (SSSR count). The van der Waals surface area contributed by atoms with Crippen molar-refractivity contribution >= 4 is 11.8 Å². The summed E-state index contributed by atoms with van der Waals surface area (Å²) < 4.78 is 5.48. The molecule has 1 N–H and O–H groups in total. The zero-order valence-electron chi connectivity index (χ0n) is 14.4. The van der Waals surface area contributed by atoms with Crippen molar-refractivity contribution in [2.45, 2.75) is 12.5 Å². The van der Waals surface area contributed by atoms with Crippen LogP contribution in [0.5, 0.6) is 5.75 Å². The van der Waals surface area contributed by atoms with E-state index in [0.29, 0.717) is 6.54 Å². The molecule has 2 aromatic rings. The topological polar surface area (TPSA) is 58.6 Å². The predicted molar refractivity (Wildman–Crippen MR) is 95.2 cm³/mol. The Balaban J connectivity index is 1.90. The van der Waals surface area contributed by atoms with Gasteiger partial charge in [-0.2, -0.15) is 0 Å². The SMILES string of the molecule is COc1ccccc1[C@@H](NC(=O)[C@@H]1CC(=O)N(C)C1)c1ccccc1. The normalized spacial score (nSPS) is 18.1. The van der Waals surface area contributed by atoms with E-state index in [2.05, 4.69) is 5.32 Å². The van der Waals surface area contributed by atoms with Crippen molar-refractivity contribution in [2.75, 3.05) is 20.7 Å². The lowest BCUT2D eigenvalue weighted by Gasteiger charge is -2.23. The molecule has 0 aliphatic carbocycles. The van der Waals surface area contributed by atoms with E-state index < -0.39 is 0 Å². The summed E-state index contributed by atoms with van der Waals surface area (Å²) in [6.07, 6.45) is 0.260. The number of methoxy groups -OCH3 is 1. The molecule has 0 spiro atoms. The number of likely N-dealkylation sites (tertiary alicyclic amines) is 1. The molecule has 1 saturated heterocycles. The Bertz CT molecular complexity index is 761. The van der Waals surface area contributed by atoms with Gasteiger partial charge in [-0.3, -0.25) is 9.59 Å². The molecule has 130 valence electrons. The quantitative estimate of drug-likeness (QED) is 0.911. The average Bonchev–Trinajstić information content (AvgIpc) is 2.99. The smallest absolute Gasteiger partial charge is 0.226 e. The number of hydrogen-bond acceptors (Lipinski definition) is 3. The van der Waals surface area contributed by atoms with Crippen molar-refractivity contribution in [1.29, 1.82) is 0 Å². The first-order valence-electron chi connectivity index (χ1n) is 8.32. The number of carbonyl (C=O) groups excluding carboxylic acids is 2. The van der Waals surface area contributed by atoms with E-state index in [9.17, 15) is 9.59 Å². The lowest BCUT2D eigenvalue weighted by molar-refractivity contribution is -0.128. The summed E-state index contributed by atoms with van der Waals surface area (Å²) in [4.78, 5) is 26.1. The fourth-order valence-electron chi connectivity index (χ4n) is 3.19. The maximum atomic E-state index is 12.8. The van der Waals surface area contributed by atoms with Crippen LogP contribution in [0.2, 0.25) is 0 Å². The monoisotopic (exact) mass is 338 g/mol. The first kappa shape index (κ1) is 17.0. The molecule has 5 heteroatoms. The molecule has 0 saturated carbocycles. The molecule has 0 bridgehead atoms. The van der Waals surface area contributed by atoms with Crippen LogP contribution >= 0.6 is 0 Å². The van der Waals surface area contributed by atoms with Crippen molar-refractivity contribution in [3.05, 3.63) is 65.7 Å². The van der Waals surface area contributed by atoms with Crippen LogP contribution in [0, 0.1) is 5.92 Å². The molecule has 1 fully saturated rings. The van der Waals surface area contributed by atoms with Crippen LogP contribution in [0.1, 0.15) is 23.6 Å². The molecular formula is C20H22N2O3. The average molecular weight is 338 g/mol. The van der Waals surface area contributed by atoms with Gasteiger partial charge in [0.25, 0.3) is 0 Å². The van der Waals surface area contributed by atoms with Gasteiger partial charge in [-0.05, 0) is 11.6 Å². The number of nitrogens with one attached hydrogen (secondary N) is 1. The molecule has 1 aliphatic heterocycles. The zero-order valence-corrected chi connectivity index (χ0v) is 14.4. The van der Waals surface area contributed by atoms with E-state index >= 15 is 0 Å². The second-order valence-corrected chi connectivity index (χ2v) is 6.27. The molecular weight excluding hydrogens is 316 g/mol. The number of para-hydroxylation sites is 1. The van der Waals surface area contributed by atoms with Gasteiger partial charge in [0.15, 0.2) is 0 Å². The lowest BCUT2D eigenvalue weighted by Crippen LogP contribution is -2.35. The molecule has 25 heavy (non-hydrogen) atoms. The summed E-state index contributed by atoms with van der Waals surface area (Å²) in [7, 11) is 3.35. The Hall–Kier alpha value is -2.82. The third-order valence-corrected chi connectivity index (χ3v) is 4.58. The highest BCUT2D eigenvalue weighted by atomic mass is 16.5. The van der Waals surface area contributed by atoms with Gasteiger partial charge in [0, 0.05) is 25.6 Å². The van der Waals surface area contributed by atoms with Crippen LogP contribution in [-0.2, 0) is 9.59 Å². The molecule has 2 aromatic carbocycles. The van der Waals surface area contributed by atoms with Gasteiger partial charge in [0.1, 0.15) is 5.75 Å². The second kappa shape index (κ2) is 7.38. The highest BCUT2D eigenvalue weighted by Gasteiger charge is 2.33. The predicted octanol–water partition coefficient (Wildman–Crippen LogP) is 2.38. The van der Waals surface area contributed by atoms with Gasteiger partial charge in [0.05, 0.1) is 19.1 Å².